The van der Waals surface area contributed by atoms with Crippen molar-refractivity contribution in [2.45, 2.75) is 12.5 Å². The Bertz CT molecular complexity index is 244. The van der Waals surface area contributed by atoms with E-state index in [1.165, 1.54) is 0 Å². The van der Waals surface area contributed by atoms with Gasteiger partial charge in [-0.25, -0.2) is 0 Å². The lowest BCUT2D eigenvalue weighted by Crippen LogP contribution is -2.50. The summed E-state index contributed by atoms with van der Waals surface area (Å²) in [6, 6.07) is -0.200. The molecule has 0 aliphatic carbocycles. The average Bonchev–Trinajstić information content (AvgIpc) is 2.20. The number of carboxylic acids is 1. The summed E-state index contributed by atoms with van der Waals surface area (Å²) in [6.45, 7) is 1.76. The molecule has 0 aromatic carbocycles. The van der Waals surface area contributed by atoms with E-state index in [0.717, 1.165) is 0 Å². The van der Waals surface area contributed by atoms with E-state index in [0.29, 0.717) is 19.8 Å². The second-order valence-corrected chi connectivity index (χ2v) is 3.47. The number of morpholine rings is 1. The van der Waals surface area contributed by atoms with Crippen molar-refractivity contribution in [3.63, 3.8) is 0 Å². The van der Waals surface area contributed by atoms with Gasteiger partial charge in [0.2, 0.25) is 5.91 Å². The number of hydrogen-bond donors (Lipinski definition) is 2. The molecule has 1 heterocycles. The fourth-order valence-corrected chi connectivity index (χ4v) is 1.55. The van der Waals surface area contributed by atoms with E-state index in [1.807, 2.05) is 4.90 Å². The molecule has 1 rings (SSSR count). The van der Waals surface area contributed by atoms with E-state index in [9.17, 15) is 9.59 Å². The second kappa shape index (κ2) is 5.67. The maximum absolute atomic E-state index is 11.2. The highest BCUT2D eigenvalue weighted by Crippen LogP contribution is 2.09. The number of nitrogens with zero attached hydrogens (tertiary/aromatic N) is 1. The third-order valence-electron chi connectivity index (χ3n) is 2.39. The molecule has 1 atom stereocenters. The minimum atomic E-state index is -0.868. The fraction of sp³-hybridized carbons (Fsp3) is 0.778. The standard InChI is InChI=1S/C9H16N2O4/c1-10-8(12)5-11-2-3-15-6-7(11)4-9(13)14/h7H,2-6H2,1H3,(H,10,12)(H,13,14). The fourth-order valence-electron chi connectivity index (χ4n) is 1.55. The number of ether oxygens (including phenoxy) is 1. The van der Waals surface area contributed by atoms with Gasteiger partial charge in [0.25, 0.3) is 0 Å². The first kappa shape index (κ1) is 11.9. The Morgan fingerprint density at radius 3 is 2.93 bits per heavy atom. The zero-order valence-electron chi connectivity index (χ0n) is 8.73. The molecule has 1 fully saturated rings. The van der Waals surface area contributed by atoms with Crippen LogP contribution in [0, 0.1) is 0 Å². The van der Waals surface area contributed by atoms with Crippen molar-refractivity contribution in [2.75, 3.05) is 33.4 Å². The first-order chi connectivity index (χ1) is 7.13. The van der Waals surface area contributed by atoms with Crippen molar-refractivity contribution in [3.8, 4) is 0 Å². The Kier molecular flexibility index (Phi) is 4.51. The van der Waals surface area contributed by atoms with Gasteiger partial charge in [0.05, 0.1) is 26.2 Å². The van der Waals surface area contributed by atoms with Crippen LogP contribution < -0.4 is 5.32 Å². The molecule has 1 aliphatic heterocycles. The van der Waals surface area contributed by atoms with E-state index in [1.54, 1.807) is 7.05 Å². The first-order valence-electron chi connectivity index (χ1n) is 4.87. The molecule has 6 heteroatoms. The van der Waals surface area contributed by atoms with Crippen LogP contribution in [0.1, 0.15) is 6.42 Å². The van der Waals surface area contributed by atoms with Crippen molar-refractivity contribution in [3.05, 3.63) is 0 Å². The first-order valence-corrected chi connectivity index (χ1v) is 4.87. The largest absolute Gasteiger partial charge is 0.481 e. The van der Waals surface area contributed by atoms with E-state index in [2.05, 4.69) is 5.32 Å². The molecule has 0 aromatic rings. The summed E-state index contributed by atoms with van der Waals surface area (Å²) in [5.74, 6) is -0.973. The number of hydrogen-bond acceptors (Lipinski definition) is 4. The van der Waals surface area contributed by atoms with Crippen LogP contribution in [0.15, 0.2) is 0 Å². The Morgan fingerprint density at radius 2 is 2.33 bits per heavy atom. The Labute approximate surface area is 88.2 Å². The van der Waals surface area contributed by atoms with Gasteiger partial charge in [-0.15, -0.1) is 0 Å². The van der Waals surface area contributed by atoms with Gasteiger partial charge in [-0.05, 0) is 0 Å². The van der Waals surface area contributed by atoms with Crippen molar-refractivity contribution < 1.29 is 19.4 Å². The van der Waals surface area contributed by atoms with Gasteiger partial charge < -0.3 is 15.2 Å². The van der Waals surface area contributed by atoms with Gasteiger partial charge in [0.1, 0.15) is 0 Å². The number of carbonyl (C=O) groups is 2. The van der Waals surface area contributed by atoms with Crippen LogP contribution in [0.25, 0.3) is 0 Å². The third-order valence-corrected chi connectivity index (χ3v) is 2.39. The summed E-state index contributed by atoms with van der Waals surface area (Å²) in [4.78, 5) is 23.6. The number of carboxylic acid groups (broad SMARTS) is 1. The SMILES string of the molecule is CNC(=O)CN1CCOCC1CC(=O)O. The number of likely N-dealkylation sites (N-methyl/N-ethyl adjacent to an activating group) is 1. The van der Waals surface area contributed by atoms with E-state index in [-0.39, 0.29) is 24.9 Å². The molecule has 86 valence electrons. The van der Waals surface area contributed by atoms with Gasteiger partial charge in [-0.3, -0.25) is 14.5 Å². The van der Waals surface area contributed by atoms with Crippen LogP contribution >= 0.6 is 0 Å². The minimum absolute atomic E-state index is 0.0109. The van der Waals surface area contributed by atoms with Gasteiger partial charge in [0.15, 0.2) is 0 Å². The maximum Gasteiger partial charge on any atom is 0.305 e. The lowest BCUT2D eigenvalue weighted by Gasteiger charge is -2.33. The molecule has 6 nitrogen and oxygen atoms in total. The van der Waals surface area contributed by atoms with Crippen LogP contribution in [0.3, 0.4) is 0 Å². The van der Waals surface area contributed by atoms with Crippen LogP contribution in [-0.2, 0) is 14.3 Å². The highest BCUT2D eigenvalue weighted by atomic mass is 16.5. The topological polar surface area (TPSA) is 78.9 Å². The summed E-state index contributed by atoms with van der Waals surface area (Å²) in [7, 11) is 1.56. The summed E-state index contributed by atoms with van der Waals surface area (Å²) < 4.78 is 5.19. The molecule has 0 bridgehead atoms. The third kappa shape index (κ3) is 3.85. The van der Waals surface area contributed by atoms with Gasteiger partial charge >= 0.3 is 5.97 Å². The van der Waals surface area contributed by atoms with Gasteiger partial charge in [-0.1, -0.05) is 0 Å². The lowest BCUT2D eigenvalue weighted by atomic mass is 10.1. The molecule has 0 aromatic heterocycles. The van der Waals surface area contributed by atoms with Crippen molar-refractivity contribution in [1.29, 1.82) is 0 Å². The lowest BCUT2D eigenvalue weighted by molar-refractivity contribution is -0.141. The predicted molar refractivity (Wildman–Crippen MR) is 52.5 cm³/mol. The molecular weight excluding hydrogens is 200 g/mol. The van der Waals surface area contributed by atoms with Crippen LogP contribution in [0.5, 0.6) is 0 Å². The maximum atomic E-state index is 11.2. The molecule has 1 unspecified atom stereocenters. The molecule has 1 aliphatic rings. The average molecular weight is 216 g/mol. The number of rotatable bonds is 4. The zero-order chi connectivity index (χ0) is 11.3. The Hall–Kier alpha value is -1.14. The van der Waals surface area contributed by atoms with Crippen LogP contribution in [-0.4, -0.2) is 61.3 Å². The Balaban J connectivity index is 2.49. The smallest absolute Gasteiger partial charge is 0.305 e. The molecule has 0 radical (unpaired) electrons. The Morgan fingerprint density at radius 1 is 1.60 bits per heavy atom. The number of aliphatic carboxylic acids is 1. The van der Waals surface area contributed by atoms with Crippen molar-refractivity contribution in [1.82, 2.24) is 10.2 Å². The second-order valence-electron chi connectivity index (χ2n) is 3.47. The van der Waals surface area contributed by atoms with Crippen molar-refractivity contribution in [2.24, 2.45) is 0 Å². The summed E-state index contributed by atoms with van der Waals surface area (Å²) in [6.07, 6.45) is 0.0109. The highest BCUT2D eigenvalue weighted by molar-refractivity contribution is 5.77. The van der Waals surface area contributed by atoms with E-state index in [4.69, 9.17) is 9.84 Å². The van der Waals surface area contributed by atoms with Gasteiger partial charge in [-0.2, -0.15) is 0 Å². The summed E-state index contributed by atoms with van der Waals surface area (Å²) in [5, 5.41) is 11.2. The number of carbonyl (C=O) groups excluding carboxylic acids is 1. The van der Waals surface area contributed by atoms with Crippen molar-refractivity contribution >= 4 is 11.9 Å². The molecule has 1 saturated heterocycles. The quantitative estimate of drug-likeness (QED) is 0.624. The van der Waals surface area contributed by atoms with Gasteiger partial charge in [0, 0.05) is 19.6 Å². The number of amides is 1. The molecule has 1 amide bonds. The monoisotopic (exact) mass is 216 g/mol. The van der Waals surface area contributed by atoms with E-state index >= 15 is 0 Å². The highest BCUT2D eigenvalue weighted by Gasteiger charge is 2.26. The summed E-state index contributed by atoms with van der Waals surface area (Å²) in [5.41, 5.74) is 0. The summed E-state index contributed by atoms with van der Waals surface area (Å²) >= 11 is 0. The zero-order valence-corrected chi connectivity index (χ0v) is 8.73. The minimum Gasteiger partial charge on any atom is -0.481 e. The molecular formula is C9H16N2O4. The van der Waals surface area contributed by atoms with E-state index < -0.39 is 5.97 Å². The normalized spacial score (nSPS) is 22.3. The molecule has 0 spiro atoms. The van der Waals surface area contributed by atoms with Crippen LogP contribution in [0.4, 0.5) is 0 Å². The molecule has 2 N–H and O–H groups in total. The van der Waals surface area contributed by atoms with Crippen LogP contribution in [0.2, 0.25) is 0 Å². The number of nitrogens with one attached hydrogen (secondary N) is 1. The predicted octanol–water partition coefficient (Wildman–Crippen LogP) is -1.09. The molecule has 0 saturated carbocycles. The molecule has 15 heavy (non-hydrogen) atoms.